The van der Waals surface area contributed by atoms with Gasteiger partial charge in [-0.05, 0) is 70.4 Å². The average molecular weight is 610 g/mol. The number of benzene rings is 3. The van der Waals surface area contributed by atoms with Gasteiger partial charge in [0, 0.05) is 27.9 Å². The van der Waals surface area contributed by atoms with E-state index >= 15 is 0 Å². The fraction of sp³-hybridized carbons (Fsp3) is 0.0667. The van der Waals surface area contributed by atoms with Gasteiger partial charge in [0.05, 0.1) is 17.4 Å². The van der Waals surface area contributed by atoms with Crippen molar-refractivity contribution in [1.82, 2.24) is 35.7 Å². The van der Waals surface area contributed by atoms with E-state index in [1.165, 1.54) is 17.1 Å². The molecule has 0 fully saturated rings. The van der Waals surface area contributed by atoms with E-state index in [0.29, 0.717) is 45.2 Å². The van der Waals surface area contributed by atoms with Crippen LogP contribution >= 0.6 is 11.6 Å². The summed E-state index contributed by atoms with van der Waals surface area (Å²) in [4.78, 5) is 36.5. The minimum absolute atomic E-state index is 0.0755. The molecule has 0 bridgehead atoms. The number of carbonyl (C=O) groups is 3. The van der Waals surface area contributed by atoms with Gasteiger partial charge in [-0.2, -0.15) is 9.78 Å². The Labute approximate surface area is 255 Å². The molecule has 2 heterocycles. The Morgan fingerprint density at radius 2 is 1.77 bits per heavy atom. The molecule has 3 aromatic carbocycles. The second-order valence-corrected chi connectivity index (χ2v) is 9.88. The quantitative estimate of drug-likeness (QED) is 0.169. The standard InChI is InChI=1S/C30H24ClN9O4/c31-21-9-12-26(40-17-33-38-39-40)20(15-21)8-13-27(41)35-24(14-18-4-2-1-3-5-18)25-16-23(28(29(32)42)37-36-25)19-6-10-22(11-7-19)34-30(43)44/h1-13,15-17,24,34H,14H2,(H2,32,42)(H,35,41)(H,43,44). The summed E-state index contributed by atoms with van der Waals surface area (Å²) in [5.41, 5.74) is 9.30. The van der Waals surface area contributed by atoms with E-state index in [0.717, 1.165) is 5.56 Å². The number of carbonyl (C=O) groups excluding carboxylic acids is 2. The molecule has 0 saturated heterocycles. The van der Waals surface area contributed by atoms with Crippen LogP contribution in [0.4, 0.5) is 10.5 Å². The van der Waals surface area contributed by atoms with Crippen molar-refractivity contribution < 1.29 is 19.5 Å². The molecule has 0 aliphatic rings. The zero-order chi connectivity index (χ0) is 31.1. The number of nitrogens with zero attached hydrogens (tertiary/aromatic N) is 6. The van der Waals surface area contributed by atoms with Gasteiger partial charge in [-0.3, -0.25) is 14.9 Å². The van der Waals surface area contributed by atoms with Crippen molar-refractivity contribution in [3.63, 3.8) is 0 Å². The van der Waals surface area contributed by atoms with Crippen LogP contribution in [-0.4, -0.2) is 53.4 Å². The molecule has 0 aliphatic heterocycles. The first-order valence-corrected chi connectivity index (χ1v) is 13.5. The SMILES string of the molecule is NC(=O)c1nnc(C(Cc2ccccc2)NC(=O)C=Cc2cc(Cl)ccc2-n2cnnn2)cc1-c1ccc(NC(=O)O)cc1. The van der Waals surface area contributed by atoms with E-state index in [1.807, 2.05) is 30.3 Å². The molecule has 0 spiro atoms. The number of hydrogen-bond acceptors (Lipinski definition) is 8. The first-order valence-electron chi connectivity index (χ1n) is 13.1. The molecule has 5 rings (SSSR count). The normalized spacial score (nSPS) is 11.7. The summed E-state index contributed by atoms with van der Waals surface area (Å²) in [6, 6.07) is 21.9. The van der Waals surface area contributed by atoms with Gasteiger partial charge in [-0.25, -0.2) is 4.79 Å². The molecule has 44 heavy (non-hydrogen) atoms. The van der Waals surface area contributed by atoms with Crippen LogP contribution in [0.1, 0.15) is 33.4 Å². The molecule has 5 N–H and O–H groups in total. The number of rotatable bonds is 10. The number of primary amides is 1. The van der Waals surface area contributed by atoms with Gasteiger partial charge in [0.15, 0.2) is 5.69 Å². The highest BCUT2D eigenvalue weighted by atomic mass is 35.5. The van der Waals surface area contributed by atoms with Crippen LogP contribution in [0.2, 0.25) is 5.02 Å². The second-order valence-electron chi connectivity index (χ2n) is 9.45. The fourth-order valence-corrected chi connectivity index (χ4v) is 4.62. The number of tetrazole rings is 1. The van der Waals surface area contributed by atoms with Crippen LogP contribution in [0, 0.1) is 0 Å². The Hall–Kier alpha value is -5.95. The van der Waals surface area contributed by atoms with Crippen molar-refractivity contribution in [2.45, 2.75) is 12.5 Å². The van der Waals surface area contributed by atoms with Gasteiger partial charge in [0.2, 0.25) is 5.91 Å². The van der Waals surface area contributed by atoms with Crippen LogP contribution < -0.4 is 16.4 Å². The van der Waals surface area contributed by atoms with Crippen molar-refractivity contribution in [1.29, 1.82) is 0 Å². The molecule has 0 saturated carbocycles. The third-order valence-corrected chi connectivity index (χ3v) is 6.68. The first kappa shape index (κ1) is 29.5. The summed E-state index contributed by atoms with van der Waals surface area (Å²) in [5.74, 6) is -1.22. The van der Waals surface area contributed by atoms with E-state index in [-0.39, 0.29) is 5.69 Å². The van der Waals surface area contributed by atoms with Gasteiger partial charge >= 0.3 is 6.09 Å². The van der Waals surface area contributed by atoms with Gasteiger partial charge in [0.1, 0.15) is 6.33 Å². The van der Waals surface area contributed by atoms with Crippen LogP contribution in [0.3, 0.4) is 0 Å². The molecule has 1 unspecified atom stereocenters. The molecule has 1 atom stereocenters. The minimum Gasteiger partial charge on any atom is -0.465 e. The molecular weight excluding hydrogens is 586 g/mol. The lowest BCUT2D eigenvalue weighted by molar-refractivity contribution is -0.117. The Balaban J connectivity index is 1.47. The van der Waals surface area contributed by atoms with E-state index in [2.05, 4.69) is 36.4 Å². The number of nitrogens with one attached hydrogen (secondary N) is 2. The van der Waals surface area contributed by atoms with Gasteiger partial charge in [-0.1, -0.05) is 54.1 Å². The van der Waals surface area contributed by atoms with Gasteiger partial charge in [0.25, 0.3) is 5.91 Å². The highest BCUT2D eigenvalue weighted by Gasteiger charge is 2.21. The van der Waals surface area contributed by atoms with Crippen molar-refractivity contribution in [3.8, 4) is 16.8 Å². The highest BCUT2D eigenvalue weighted by molar-refractivity contribution is 6.30. The molecular formula is C30H24ClN9O4. The van der Waals surface area contributed by atoms with Crippen molar-refractivity contribution >= 4 is 41.3 Å². The predicted molar refractivity (Wildman–Crippen MR) is 162 cm³/mol. The minimum atomic E-state index is -1.21. The topological polar surface area (TPSA) is 191 Å². The Bertz CT molecular complexity index is 1830. The highest BCUT2D eigenvalue weighted by Crippen LogP contribution is 2.28. The number of carboxylic acid groups (broad SMARTS) is 1. The van der Waals surface area contributed by atoms with Crippen LogP contribution in [0.25, 0.3) is 22.9 Å². The fourth-order valence-electron chi connectivity index (χ4n) is 4.44. The second kappa shape index (κ2) is 13.4. The third kappa shape index (κ3) is 7.27. The number of hydrogen-bond donors (Lipinski definition) is 4. The Morgan fingerprint density at radius 3 is 2.45 bits per heavy atom. The monoisotopic (exact) mass is 609 g/mol. The maximum Gasteiger partial charge on any atom is 0.409 e. The van der Waals surface area contributed by atoms with E-state index < -0.39 is 23.9 Å². The average Bonchev–Trinajstić information content (AvgIpc) is 3.55. The lowest BCUT2D eigenvalue weighted by Gasteiger charge is -2.19. The number of anilines is 1. The van der Waals surface area contributed by atoms with Gasteiger partial charge in [-0.15, -0.1) is 10.2 Å². The smallest absolute Gasteiger partial charge is 0.409 e. The molecule has 3 amide bonds. The Kier molecular flexibility index (Phi) is 8.96. The number of aromatic nitrogens is 6. The third-order valence-electron chi connectivity index (χ3n) is 6.45. The summed E-state index contributed by atoms with van der Waals surface area (Å²) < 4.78 is 1.45. The maximum absolute atomic E-state index is 13.3. The number of nitrogens with two attached hydrogens (primary N) is 1. The lowest BCUT2D eigenvalue weighted by atomic mass is 9.98. The number of halogens is 1. The molecule has 0 aliphatic carbocycles. The first-order chi connectivity index (χ1) is 21.3. The molecule has 13 nitrogen and oxygen atoms in total. The predicted octanol–water partition coefficient (Wildman–Crippen LogP) is 4.07. The molecule has 220 valence electrons. The van der Waals surface area contributed by atoms with Crippen molar-refractivity contribution in [2.24, 2.45) is 5.73 Å². The summed E-state index contributed by atoms with van der Waals surface area (Å²) in [7, 11) is 0. The van der Waals surface area contributed by atoms with E-state index in [4.69, 9.17) is 22.4 Å². The summed E-state index contributed by atoms with van der Waals surface area (Å²) in [6.07, 6.45) is 3.53. The zero-order valence-corrected chi connectivity index (χ0v) is 23.6. The zero-order valence-electron chi connectivity index (χ0n) is 22.8. The van der Waals surface area contributed by atoms with E-state index in [9.17, 15) is 14.4 Å². The number of amides is 3. The van der Waals surface area contributed by atoms with Crippen LogP contribution in [0.15, 0.2) is 91.3 Å². The summed E-state index contributed by atoms with van der Waals surface area (Å²) in [5, 5.41) is 34.3. The maximum atomic E-state index is 13.3. The molecule has 0 radical (unpaired) electrons. The van der Waals surface area contributed by atoms with Crippen LogP contribution in [-0.2, 0) is 11.2 Å². The van der Waals surface area contributed by atoms with Gasteiger partial charge < -0.3 is 16.2 Å². The van der Waals surface area contributed by atoms with Crippen molar-refractivity contribution in [2.75, 3.05) is 5.32 Å². The molecule has 14 heteroatoms. The molecule has 5 aromatic rings. The lowest BCUT2D eigenvalue weighted by Crippen LogP contribution is -2.30. The van der Waals surface area contributed by atoms with Crippen molar-refractivity contribution in [3.05, 3.63) is 119 Å². The molecule has 2 aromatic heterocycles. The largest absolute Gasteiger partial charge is 0.465 e. The van der Waals surface area contributed by atoms with E-state index in [1.54, 1.807) is 54.6 Å². The Morgan fingerprint density at radius 1 is 1.00 bits per heavy atom. The summed E-state index contributed by atoms with van der Waals surface area (Å²) in [6.45, 7) is 0. The summed E-state index contributed by atoms with van der Waals surface area (Å²) >= 11 is 6.21. The van der Waals surface area contributed by atoms with Crippen LogP contribution in [0.5, 0.6) is 0 Å².